The maximum Gasteiger partial charge on any atom is 0.305 e. The lowest BCUT2D eigenvalue weighted by Gasteiger charge is -2.35. The smallest absolute Gasteiger partial charge is 0.305 e. The largest absolute Gasteiger partial charge is 0.481 e. The predicted octanol–water partition coefficient (Wildman–Crippen LogP) is -0.208. The van der Waals surface area contributed by atoms with Crippen LogP contribution in [0.15, 0.2) is 0 Å². The van der Waals surface area contributed by atoms with Crippen LogP contribution in [0.3, 0.4) is 0 Å². The maximum atomic E-state index is 10.1. The zero-order valence-corrected chi connectivity index (χ0v) is 6.62. The molecule has 0 aromatic heterocycles. The van der Waals surface area contributed by atoms with Gasteiger partial charge in [0.2, 0.25) is 0 Å². The average Bonchev–Trinajstić information content (AvgIpc) is 1.83. The third-order valence-electron chi connectivity index (χ3n) is 1.70. The highest BCUT2D eigenvalue weighted by Crippen LogP contribution is 2.08. The number of aliphatic carboxylic acids is 1. The zero-order chi connectivity index (χ0) is 8.27. The standard InChI is InChI=1S/C7H13NO3/c1-8-4-6(5-8)11-3-2-7(9)10/h6H,2-5H2,1H3,(H,9,10). The van der Waals surface area contributed by atoms with Gasteiger partial charge in [-0.25, -0.2) is 0 Å². The van der Waals surface area contributed by atoms with Crippen molar-refractivity contribution in [2.75, 3.05) is 26.7 Å². The minimum Gasteiger partial charge on any atom is -0.481 e. The third-order valence-corrected chi connectivity index (χ3v) is 1.70. The second-order valence-corrected chi connectivity index (χ2v) is 2.86. The Morgan fingerprint density at radius 1 is 1.73 bits per heavy atom. The van der Waals surface area contributed by atoms with E-state index in [0.717, 1.165) is 13.1 Å². The molecule has 0 aromatic rings. The molecule has 4 nitrogen and oxygen atoms in total. The molecule has 64 valence electrons. The second-order valence-electron chi connectivity index (χ2n) is 2.86. The van der Waals surface area contributed by atoms with E-state index in [4.69, 9.17) is 9.84 Å². The van der Waals surface area contributed by atoms with Gasteiger partial charge in [-0.15, -0.1) is 0 Å². The first-order valence-electron chi connectivity index (χ1n) is 3.70. The Labute approximate surface area is 65.8 Å². The highest BCUT2D eigenvalue weighted by molar-refractivity contribution is 5.66. The monoisotopic (exact) mass is 159 g/mol. The molecule has 1 rings (SSSR count). The number of ether oxygens (including phenoxy) is 1. The highest BCUT2D eigenvalue weighted by Gasteiger charge is 2.23. The first-order valence-corrected chi connectivity index (χ1v) is 3.70. The minimum absolute atomic E-state index is 0.111. The third kappa shape index (κ3) is 2.86. The van der Waals surface area contributed by atoms with E-state index in [2.05, 4.69) is 4.90 Å². The fourth-order valence-electron chi connectivity index (χ4n) is 1.06. The normalized spacial score (nSPS) is 19.7. The first kappa shape index (κ1) is 8.49. The molecule has 0 bridgehead atoms. The summed E-state index contributed by atoms with van der Waals surface area (Å²) in [7, 11) is 2.01. The quantitative estimate of drug-likeness (QED) is 0.616. The van der Waals surface area contributed by atoms with Crippen molar-refractivity contribution in [2.45, 2.75) is 12.5 Å². The van der Waals surface area contributed by atoms with Gasteiger partial charge in [-0.1, -0.05) is 0 Å². The summed E-state index contributed by atoms with van der Waals surface area (Å²) in [5.41, 5.74) is 0. The van der Waals surface area contributed by atoms with Crippen LogP contribution in [0.2, 0.25) is 0 Å². The molecule has 0 atom stereocenters. The number of carbonyl (C=O) groups is 1. The lowest BCUT2D eigenvalue weighted by Crippen LogP contribution is -2.49. The number of rotatable bonds is 4. The van der Waals surface area contributed by atoms with Crippen LogP contribution in [0, 0.1) is 0 Å². The number of likely N-dealkylation sites (tertiary alicyclic amines) is 1. The van der Waals surface area contributed by atoms with E-state index in [1.54, 1.807) is 0 Å². The molecule has 1 saturated heterocycles. The number of hydrogen-bond acceptors (Lipinski definition) is 3. The van der Waals surface area contributed by atoms with Gasteiger partial charge in [-0.2, -0.15) is 0 Å². The molecule has 0 aliphatic carbocycles. The summed E-state index contributed by atoms with van der Waals surface area (Å²) in [5, 5.41) is 8.28. The molecule has 0 unspecified atom stereocenters. The van der Waals surface area contributed by atoms with Gasteiger partial charge >= 0.3 is 5.97 Å². The Hall–Kier alpha value is -0.610. The van der Waals surface area contributed by atoms with Gasteiger partial charge in [-0.3, -0.25) is 4.79 Å². The molecule has 1 heterocycles. The molecule has 0 radical (unpaired) electrons. The minimum atomic E-state index is -0.794. The molecule has 1 fully saturated rings. The fraction of sp³-hybridized carbons (Fsp3) is 0.857. The number of likely N-dealkylation sites (N-methyl/N-ethyl adjacent to an activating group) is 1. The first-order chi connectivity index (χ1) is 5.18. The van der Waals surface area contributed by atoms with Gasteiger partial charge in [0.15, 0.2) is 0 Å². The number of hydrogen-bond donors (Lipinski definition) is 1. The Morgan fingerprint density at radius 3 is 2.82 bits per heavy atom. The van der Waals surface area contributed by atoms with Crippen LogP contribution in [0.4, 0.5) is 0 Å². The van der Waals surface area contributed by atoms with E-state index < -0.39 is 5.97 Å². The van der Waals surface area contributed by atoms with Crippen molar-refractivity contribution in [3.05, 3.63) is 0 Å². The molecule has 1 aliphatic heterocycles. The molecule has 0 amide bonds. The Balaban J connectivity index is 1.92. The lowest BCUT2D eigenvalue weighted by atomic mass is 10.2. The lowest BCUT2D eigenvalue weighted by molar-refractivity contribution is -0.139. The van der Waals surface area contributed by atoms with E-state index in [1.807, 2.05) is 7.05 Å². The highest BCUT2D eigenvalue weighted by atomic mass is 16.5. The second kappa shape index (κ2) is 3.69. The predicted molar refractivity (Wildman–Crippen MR) is 39.5 cm³/mol. The summed E-state index contributed by atoms with van der Waals surface area (Å²) < 4.78 is 5.24. The van der Waals surface area contributed by atoms with E-state index in [-0.39, 0.29) is 12.5 Å². The molecular formula is C7H13NO3. The zero-order valence-electron chi connectivity index (χ0n) is 6.62. The van der Waals surface area contributed by atoms with Crippen molar-refractivity contribution < 1.29 is 14.6 Å². The summed E-state index contributed by atoms with van der Waals surface area (Å²) in [5.74, 6) is -0.794. The molecular weight excluding hydrogens is 146 g/mol. The fourth-order valence-corrected chi connectivity index (χ4v) is 1.06. The molecule has 4 heteroatoms. The SMILES string of the molecule is CN1CC(OCCC(=O)O)C1. The van der Waals surface area contributed by atoms with Crippen LogP contribution in [0.1, 0.15) is 6.42 Å². The summed E-state index contributed by atoms with van der Waals surface area (Å²) >= 11 is 0. The van der Waals surface area contributed by atoms with Crippen LogP contribution in [-0.4, -0.2) is 48.8 Å². The molecule has 1 N–H and O–H groups in total. The van der Waals surface area contributed by atoms with Crippen LogP contribution in [0.25, 0.3) is 0 Å². The van der Waals surface area contributed by atoms with Gasteiger partial charge in [0.1, 0.15) is 0 Å². The van der Waals surface area contributed by atoms with E-state index in [1.165, 1.54) is 0 Å². The Kier molecular flexibility index (Phi) is 2.84. The van der Waals surface area contributed by atoms with Crippen molar-refractivity contribution in [2.24, 2.45) is 0 Å². The summed E-state index contributed by atoms with van der Waals surface area (Å²) in [6, 6.07) is 0. The van der Waals surface area contributed by atoms with Crippen LogP contribution >= 0.6 is 0 Å². The Morgan fingerprint density at radius 2 is 2.36 bits per heavy atom. The van der Waals surface area contributed by atoms with Gasteiger partial charge in [-0.05, 0) is 7.05 Å². The van der Waals surface area contributed by atoms with Crippen molar-refractivity contribution in [1.29, 1.82) is 0 Å². The van der Waals surface area contributed by atoms with Crippen LogP contribution in [0.5, 0.6) is 0 Å². The van der Waals surface area contributed by atoms with Crippen molar-refractivity contribution in [3.63, 3.8) is 0 Å². The number of carboxylic acids is 1. The van der Waals surface area contributed by atoms with Gasteiger partial charge < -0.3 is 14.7 Å². The van der Waals surface area contributed by atoms with Crippen molar-refractivity contribution in [3.8, 4) is 0 Å². The maximum absolute atomic E-state index is 10.1. The van der Waals surface area contributed by atoms with Gasteiger partial charge in [0, 0.05) is 13.1 Å². The topological polar surface area (TPSA) is 49.8 Å². The number of nitrogens with zero attached hydrogens (tertiary/aromatic N) is 1. The number of carboxylic acid groups (broad SMARTS) is 1. The molecule has 11 heavy (non-hydrogen) atoms. The van der Waals surface area contributed by atoms with Crippen LogP contribution < -0.4 is 0 Å². The summed E-state index contributed by atoms with van der Waals surface area (Å²) in [4.78, 5) is 12.2. The van der Waals surface area contributed by atoms with E-state index >= 15 is 0 Å². The summed E-state index contributed by atoms with van der Waals surface area (Å²) in [6.07, 6.45) is 0.375. The average molecular weight is 159 g/mol. The Bertz CT molecular complexity index is 143. The molecule has 1 aliphatic rings. The molecule has 0 saturated carbocycles. The van der Waals surface area contributed by atoms with E-state index in [0.29, 0.717) is 6.61 Å². The van der Waals surface area contributed by atoms with Gasteiger partial charge in [0.05, 0.1) is 19.1 Å². The van der Waals surface area contributed by atoms with Crippen molar-refractivity contribution >= 4 is 5.97 Å². The van der Waals surface area contributed by atoms with Crippen LogP contribution in [-0.2, 0) is 9.53 Å². The summed E-state index contributed by atoms with van der Waals surface area (Å²) in [6.45, 7) is 2.20. The van der Waals surface area contributed by atoms with E-state index in [9.17, 15) is 4.79 Å². The van der Waals surface area contributed by atoms with Crippen molar-refractivity contribution in [1.82, 2.24) is 4.90 Å². The molecule has 0 spiro atoms. The van der Waals surface area contributed by atoms with Gasteiger partial charge in [0.25, 0.3) is 0 Å². The molecule has 0 aromatic carbocycles.